The first-order valence-corrected chi connectivity index (χ1v) is 8.00. The Kier molecular flexibility index (Phi) is 3.60. The summed E-state index contributed by atoms with van der Waals surface area (Å²) >= 11 is 0. The lowest BCUT2D eigenvalue weighted by atomic mass is 10.2. The number of hydrogen-bond donors (Lipinski definition) is 1. The van der Waals surface area contributed by atoms with E-state index in [2.05, 4.69) is 25.5 Å². The van der Waals surface area contributed by atoms with E-state index in [1.165, 1.54) is 0 Å². The van der Waals surface area contributed by atoms with Gasteiger partial charge in [-0.25, -0.2) is 0 Å². The van der Waals surface area contributed by atoms with E-state index in [1.54, 1.807) is 13.0 Å². The Labute approximate surface area is 133 Å². The fourth-order valence-electron chi connectivity index (χ4n) is 2.98. The van der Waals surface area contributed by atoms with E-state index in [9.17, 15) is 4.79 Å². The van der Waals surface area contributed by atoms with Crippen LogP contribution in [-0.4, -0.2) is 39.2 Å². The van der Waals surface area contributed by atoms with Crippen molar-refractivity contribution in [2.75, 3.05) is 18.4 Å². The van der Waals surface area contributed by atoms with Crippen molar-refractivity contribution >= 4 is 11.7 Å². The van der Waals surface area contributed by atoms with Crippen LogP contribution in [0.4, 0.5) is 5.82 Å². The minimum atomic E-state index is -0.115. The van der Waals surface area contributed by atoms with Crippen LogP contribution >= 0.6 is 0 Å². The molecular formula is C15H19N5O3. The van der Waals surface area contributed by atoms with Crippen LogP contribution in [-0.2, 0) is 4.79 Å². The Morgan fingerprint density at radius 1 is 1.35 bits per heavy atom. The third-order valence-corrected chi connectivity index (χ3v) is 4.29. The maximum Gasteiger partial charge on any atom is 0.239 e. The molecule has 0 unspecified atom stereocenters. The lowest BCUT2D eigenvalue weighted by Crippen LogP contribution is -2.33. The first-order chi connectivity index (χ1) is 11.2. The molecule has 23 heavy (non-hydrogen) atoms. The zero-order valence-corrected chi connectivity index (χ0v) is 13.0. The lowest BCUT2D eigenvalue weighted by Gasteiger charge is -2.20. The zero-order chi connectivity index (χ0) is 15.8. The summed E-state index contributed by atoms with van der Waals surface area (Å²) in [6.45, 7) is 2.92. The minimum Gasteiger partial charge on any atom is -0.360 e. The second-order valence-electron chi connectivity index (χ2n) is 6.26. The maximum atomic E-state index is 12.2. The van der Waals surface area contributed by atoms with Crippen LogP contribution in [0.1, 0.15) is 55.1 Å². The first-order valence-electron chi connectivity index (χ1n) is 8.00. The van der Waals surface area contributed by atoms with Crippen molar-refractivity contribution < 1.29 is 13.8 Å². The van der Waals surface area contributed by atoms with Crippen LogP contribution in [0.15, 0.2) is 15.1 Å². The molecule has 1 N–H and O–H groups in total. The number of hydrogen-bond acceptors (Lipinski definition) is 7. The van der Waals surface area contributed by atoms with E-state index in [-0.39, 0.29) is 18.5 Å². The highest BCUT2D eigenvalue weighted by Gasteiger charge is 2.34. The average molecular weight is 317 g/mol. The van der Waals surface area contributed by atoms with E-state index in [0.29, 0.717) is 23.3 Å². The number of nitrogens with zero attached hydrogens (tertiary/aromatic N) is 4. The van der Waals surface area contributed by atoms with Crippen molar-refractivity contribution in [3.63, 3.8) is 0 Å². The van der Waals surface area contributed by atoms with Gasteiger partial charge >= 0.3 is 0 Å². The van der Waals surface area contributed by atoms with Gasteiger partial charge in [0.25, 0.3) is 0 Å². The molecule has 1 atom stereocenters. The van der Waals surface area contributed by atoms with Crippen molar-refractivity contribution in [2.45, 2.75) is 44.6 Å². The fourth-order valence-corrected chi connectivity index (χ4v) is 2.98. The number of aromatic nitrogens is 3. The highest BCUT2D eigenvalue weighted by Crippen LogP contribution is 2.40. The summed E-state index contributed by atoms with van der Waals surface area (Å²) in [6.07, 6.45) is 4.24. The molecule has 1 saturated heterocycles. The van der Waals surface area contributed by atoms with Gasteiger partial charge in [-0.05, 0) is 39.2 Å². The van der Waals surface area contributed by atoms with Crippen LogP contribution < -0.4 is 5.32 Å². The Balaban J connectivity index is 1.39. The summed E-state index contributed by atoms with van der Waals surface area (Å²) in [5.41, 5.74) is 0. The Bertz CT molecular complexity index is 706. The highest BCUT2D eigenvalue weighted by molar-refractivity contribution is 5.91. The van der Waals surface area contributed by atoms with Gasteiger partial charge in [-0.2, -0.15) is 4.98 Å². The molecule has 8 nitrogen and oxygen atoms in total. The molecule has 4 rings (SSSR count). The summed E-state index contributed by atoms with van der Waals surface area (Å²) in [4.78, 5) is 18.8. The third-order valence-electron chi connectivity index (χ3n) is 4.29. The molecule has 0 aromatic carbocycles. The van der Waals surface area contributed by atoms with Gasteiger partial charge in [0.15, 0.2) is 11.6 Å². The van der Waals surface area contributed by atoms with Gasteiger partial charge < -0.3 is 14.4 Å². The van der Waals surface area contributed by atoms with Crippen LogP contribution in [0.2, 0.25) is 0 Å². The van der Waals surface area contributed by atoms with Gasteiger partial charge in [0, 0.05) is 12.0 Å². The quantitative estimate of drug-likeness (QED) is 0.901. The number of carbonyl (C=O) groups excluding carboxylic acids is 1. The second-order valence-corrected chi connectivity index (χ2v) is 6.26. The van der Waals surface area contributed by atoms with Gasteiger partial charge in [-0.15, -0.1) is 0 Å². The summed E-state index contributed by atoms with van der Waals surface area (Å²) in [5, 5.41) is 10.6. The molecule has 2 aromatic heterocycles. The molecule has 0 spiro atoms. The van der Waals surface area contributed by atoms with E-state index >= 15 is 0 Å². The molecular weight excluding hydrogens is 298 g/mol. The van der Waals surface area contributed by atoms with Gasteiger partial charge in [-0.1, -0.05) is 10.3 Å². The van der Waals surface area contributed by atoms with Crippen molar-refractivity contribution in [1.82, 2.24) is 20.2 Å². The van der Waals surface area contributed by atoms with Crippen molar-refractivity contribution in [2.24, 2.45) is 0 Å². The molecule has 2 fully saturated rings. The Morgan fingerprint density at radius 2 is 2.22 bits per heavy atom. The van der Waals surface area contributed by atoms with Crippen LogP contribution in [0, 0.1) is 6.92 Å². The molecule has 0 radical (unpaired) electrons. The molecule has 2 aliphatic rings. The van der Waals surface area contributed by atoms with Crippen LogP contribution in [0.5, 0.6) is 0 Å². The summed E-state index contributed by atoms with van der Waals surface area (Å²) in [6, 6.07) is 1.75. The number of likely N-dealkylation sites (tertiary alicyclic amines) is 1. The third kappa shape index (κ3) is 3.12. The van der Waals surface area contributed by atoms with Gasteiger partial charge in [0.1, 0.15) is 5.76 Å². The maximum absolute atomic E-state index is 12.2. The van der Waals surface area contributed by atoms with Gasteiger partial charge in [0.2, 0.25) is 11.8 Å². The molecule has 1 aliphatic carbocycles. The van der Waals surface area contributed by atoms with E-state index in [0.717, 1.165) is 38.1 Å². The topological polar surface area (TPSA) is 97.3 Å². The normalized spacial score (nSPS) is 21.7. The average Bonchev–Trinajstić information content (AvgIpc) is 2.91. The van der Waals surface area contributed by atoms with Crippen LogP contribution in [0.3, 0.4) is 0 Å². The number of carbonyl (C=O) groups is 1. The van der Waals surface area contributed by atoms with Gasteiger partial charge in [0.05, 0.1) is 12.6 Å². The van der Waals surface area contributed by atoms with Crippen LogP contribution in [0.25, 0.3) is 0 Å². The number of rotatable bonds is 5. The monoisotopic (exact) mass is 317 g/mol. The molecule has 1 aliphatic heterocycles. The Hall–Kier alpha value is -2.22. The molecule has 2 aromatic rings. The lowest BCUT2D eigenvalue weighted by molar-refractivity contribution is -0.117. The molecule has 8 heteroatoms. The number of amides is 1. The molecule has 1 saturated carbocycles. The summed E-state index contributed by atoms with van der Waals surface area (Å²) in [5.74, 6) is 2.89. The summed E-state index contributed by atoms with van der Waals surface area (Å²) in [7, 11) is 0. The number of aryl methyl sites for hydroxylation is 1. The molecule has 1 amide bonds. The van der Waals surface area contributed by atoms with Crippen molar-refractivity contribution in [3.05, 3.63) is 23.5 Å². The molecule has 0 bridgehead atoms. The first kappa shape index (κ1) is 14.4. The molecule has 122 valence electrons. The number of anilines is 1. The smallest absolute Gasteiger partial charge is 0.239 e. The minimum absolute atomic E-state index is 0.0519. The molecule has 3 heterocycles. The fraction of sp³-hybridized carbons (Fsp3) is 0.600. The predicted octanol–water partition coefficient (Wildman–Crippen LogP) is 2.02. The summed E-state index contributed by atoms with van der Waals surface area (Å²) < 4.78 is 10.3. The number of nitrogens with one attached hydrogen (secondary N) is 1. The SMILES string of the molecule is Cc1cc(NC(=O)CN2CCC[C@@H]2c2noc(C3CC3)n2)no1. The van der Waals surface area contributed by atoms with Gasteiger partial charge in [-0.3, -0.25) is 9.69 Å². The highest BCUT2D eigenvalue weighted by atomic mass is 16.5. The predicted molar refractivity (Wildman–Crippen MR) is 79.7 cm³/mol. The zero-order valence-electron chi connectivity index (χ0n) is 13.0. The standard InChI is InChI=1S/C15H19N5O3/c1-9-7-12(18-22-9)16-13(21)8-20-6-2-3-11(20)14-17-15(23-19-14)10-4-5-10/h7,10-11H,2-6,8H2,1H3,(H,16,18,21)/t11-/m1/s1. The van der Waals surface area contributed by atoms with E-state index in [4.69, 9.17) is 9.05 Å². The van der Waals surface area contributed by atoms with Crippen molar-refractivity contribution in [1.29, 1.82) is 0 Å². The van der Waals surface area contributed by atoms with E-state index < -0.39 is 0 Å². The van der Waals surface area contributed by atoms with Crippen molar-refractivity contribution in [3.8, 4) is 0 Å². The second kappa shape index (κ2) is 5.77. The Morgan fingerprint density at radius 3 is 2.96 bits per heavy atom. The largest absolute Gasteiger partial charge is 0.360 e. The van der Waals surface area contributed by atoms with E-state index in [1.807, 2.05) is 0 Å².